The molecule has 0 saturated carbocycles. The zero-order chi connectivity index (χ0) is 19.8. The molecule has 0 radical (unpaired) electrons. The van der Waals surface area contributed by atoms with E-state index in [4.69, 9.17) is 0 Å². The number of benzene rings is 1. The van der Waals surface area contributed by atoms with Crippen LogP contribution in [0.2, 0.25) is 0 Å². The van der Waals surface area contributed by atoms with Crippen LogP contribution in [0, 0.1) is 0 Å². The average molecular weight is 381 g/mol. The number of carbonyl (C=O) groups is 2. The van der Waals surface area contributed by atoms with Crippen molar-refractivity contribution in [3.05, 3.63) is 60.2 Å². The summed E-state index contributed by atoms with van der Waals surface area (Å²) in [4.78, 5) is 36.9. The lowest BCUT2D eigenvalue weighted by atomic mass is 10.1. The van der Waals surface area contributed by atoms with E-state index in [0.717, 1.165) is 31.6 Å². The predicted molar refractivity (Wildman–Crippen MR) is 106 cm³/mol. The second kappa shape index (κ2) is 9.94. The highest BCUT2D eigenvalue weighted by atomic mass is 16.2. The highest BCUT2D eigenvalue weighted by Gasteiger charge is 2.32. The smallest absolute Gasteiger partial charge is 0.237 e. The molecule has 2 amide bonds. The third kappa shape index (κ3) is 5.60. The van der Waals surface area contributed by atoms with Gasteiger partial charge < -0.3 is 10.2 Å². The summed E-state index contributed by atoms with van der Waals surface area (Å²) in [6.45, 7) is 2.61. The maximum Gasteiger partial charge on any atom is 0.237 e. The van der Waals surface area contributed by atoms with Gasteiger partial charge in [0.1, 0.15) is 6.33 Å². The first-order valence-electron chi connectivity index (χ1n) is 9.68. The molecule has 0 bridgehead atoms. The van der Waals surface area contributed by atoms with Crippen LogP contribution in [0.15, 0.2) is 48.9 Å². The Bertz CT molecular complexity index is 769. The third-order valence-electron chi connectivity index (χ3n) is 5.03. The molecule has 0 spiro atoms. The lowest BCUT2D eigenvalue weighted by molar-refractivity contribution is -0.138. The molecule has 2 aromatic rings. The van der Waals surface area contributed by atoms with E-state index in [0.29, 0.717) is 13.1 Å². The Labute approximate surface area is 165 Å². The molecule has 1 aromatic heterocycles. The number of carbonyl (C=O) groups excluding carboxylic acids is 2. The van der Waals surface area contributed by atoms with E-state index in [1.165, 1.54) is 11.9 Å². The SMILES string of the molecule is CN(Cc1ccncn1)C(=O)CC1C(=O)NCCN1CCCc1ccccc1. The van der Waals surface area contributed by atoms with E-state index < -0.39 is 6.04 Å². The van der Waals surface area contributed by atoms with Crippen molar-refractivity contribution in [1.82, 2.24) is 25.1 Å². The molecular weight excluding hydrogens is 354 g/mol. The standard InChI is InChI=1S/C21H27N5O2/c1-25(15-18-9-10-22-16-24-18)20(27)14-19-21(28)23-11-13-26(19)12-5-8-17-6-3-2-4-7-17/h2-4,6-7,9-10,16,19H,5,8,11-15H2,1H3,(H,23,28). The second-order valence-electron chi connectivity index (χ2n) is 7.09. The summed E-state index contributed by atoms with van der Waals surface area (Å²) in [5.41, 5.74) is 2.07. The number of nitrogens with one attached hydrogen (secondary N) is 1. The molecule has 2 heterocycles. The van der Waals surface area contributed by atoms with Gasteiger partial charge in [-0.2, -0.15) is 0 Å². The summed E-state index contributed by atoms with van der Waals surface area (Å²) < 4.78 is 0. The van der Waals surface area contributed by atoms with Gasteiger partial charge in [-0.1, -0.05) is 30.3 Å². The van der Waals surface area contributed by atoms with E-state index in [1.807, 2.05) is 18.2 Å². The van der Waals surface area contributed by atoms with Crippen molar-refractivity contribution in [3.63, 3.8) is 0 Å². The molecule has 148 valence electrons. The summed E-state index contributed by atoms with van der Waals surface area (Å²) in [5.74, 6) is -0.122. The van der Waals surface area contributed by atoms with Crippen LogP contribution in [0.4, 0.5) is 0 Å². The van der Waals surface area contributed by atoms with Crippen LogP contribution in [0.25, 0.3) is 0 Å². The largest absolute Gasteiger partial charge is 0.353 e. The Hall–Kier alpha value is -2.80. The molecule has 3 rings (SSSR count). The number of aryl methyl sites for hydroxylation is 1. The fourth-order valence-electron chi connectivity index (χ4n) is 3.45. The van der Waals surface area contributed by atoms with Gasteiger partial charge in [-0.15, -0.1) is 0 Å². The van der Waals surface area contributed by atoms with Crippen LogP contribution in [0.3, 0.4) is 0 Å². The first-order valence-corrected chi connectivity index (χ1v) is 9.68. The maximum atomic E-state index is 12.7. The fourth-order valence-corrected chi connectivity index (χ4v) is 3.45. The van der Waals surface area contributed by atoms with E-state index >= 15 is 0 Å². The Kier molecular flexibility index (Phi) is 7.08. The Morgan fingerprint density at radius 2 is 2.11 bits per heavy atom. The molecule has 0 aliphatic carbocycles. The van der Waals surface area contributed by atoms with E-state index in [1.54, 1.807) is 24.2 Å². The number of hydrogen-bond acceptors (Lipinski definition) is 5. The summed E-state index contributed by atoms with van der Waals surface area (Å²) in [7, 11) is 1.74. The lowest BCUT2D eigenvalue weighted by Gasteiger charge is -2.35. The topological polar surface area (TPSA) is 78.4 Å². The molecule has 1 aromatic carbocycles. The molecule has 1 N–H and O–H groups in total. The monoisotopic (exact) mass is 381 g/mol. The van der Waals surface area contributed by atoms with Crippen LogP contribution < -0.4 is 5.32 Å². The van der Waals surface area contributed by atoms with Gasteiger partial charge in [-0.3, -0.25) is 14.5 Å². The Balaban J connectivity index is 1.54. The highest BCUT2D eigenvalue weighted by Crippen LogP contribution is 2.13. The minimum absolute atomic E-state index is 0.0604. The number of amides is 2. The number of rotatable bonds is 8. The molecule has 7 heteroatoms. The molecule has 1 atom stereocenters. The summed E-state index contributed by atoms with van der Waals surface area (Å²) >= 11 is 0. The van der Waals surface area contributed by atoms with Crippen LogP contribution >= 0.6 is 0 Å². The molecule has 1 aliphatic rings. The van der Waals surface area contributed by atoms with E-state index in [2.05, 4.69) is 32.3 Å². The van der Waals surface area contributed by atoms with Crippen molar-refractivity contribution >= 4 is 11.8 Å². The minimum Gasteiger partial charge on any atom is -0.353 e. The number of aromatic nitrogens is 2. The van der Waals surface area contributed by atoms with Crippen molar-refractivity contribution in [2.24, 2.45) is 0 Å². The van der Waals surface area contributed by atoms with Crippen molar-refractivity contribution in [1.29, 1.82) is 0 Å². The zero-order valence-corrected chi connectivity index (χ0v) is 16.3. The predicted octanol–water partition coefficient (Wildman–Crippen LogP) is 1.26. The number of piperazine rings is 1. The number of hydrogen-bond donors (Lipinski definition) is 1. The molecule has 1 unspecified atom stereocenters. The summed E-state index contributed by atoms with van der Waals surface area (Å²) in [5, 5.41) is 2.89. The molecule has 1 fully saturated rings. The van der Waals surface area contributed by atoms with Crippen LogP contribution in [-0.4, -0.2) is 64.3 Å². The zero-order valence-electron chi connectivity index (χ0n) is 16.3. The van der Waals surface area contributed by atoms with E-state index in [9.17, 15) is 9.59 Å². The van der Waals surface area contributed by atoms with Gasteiger partial charge in [0.05, 0.1) is 24.7 Å². The van der Waals surface area contributed by atoms with Crippen molar-refractivity contribution < 1.29 is 9.59 Å². The molecule has 28 heavy (non-hydrogen) atoms. The van der Waals surface area contributed by atoms with Crippen molar-refractivity contribution in [2.45, 2.75) is 31.8 Å². The number of nitrogens with zero attached hydrogens (tertiary/aromatic N) is 4. The van der Waals surface area contributed by atoms with Gasteiger partial charge in [-0.05, 0) is 31.0 Å². The molecule has 1 saturated heterocycles. The van der Waals surface area contributed by atoms with Crippen LogP contribution in [0.1, 0.15) is 24.1 Å². The Morgan fingerprint density at radius 3 is 2.86 bits per heavy atom. The van der Waals surface area contributed by atoms with Gasteiger partial charge in [0.2, 0.25) is 11.8 Å². The van der Waals surface area contributed by atoms with Crippen molar-refractivity contribution in [2.75, 3.05) is 26.7 Å². The minimum atomic E-state index is -0.412. The normalized spacial score (nSPS) is 17.2. The summed E-state index contributed by atoms with van der Waals surface area (Å²) in [6, 6.07) is 11.7. The molecular formula is C21H27N5O2. The first-order chi connectivity index (χ1) is 13.6. The van der Waals surface area contributed by atoms with Gasteiger partial charge in [0, 0.05) is 26.3 Å². The van der Waals surface area contributed by atoms with Gasteiger partial charge >= 0.3 is 0 Å². The molecule has 7 nitrogen and oxygen atoms in total. The quantitative estimate of drug-likeness (QED) is 0.745. The van der Waals surface area contributed by atoms with Crippen LogP contribution in [0.5, 0.6) is 0 Å². The van der Waals surface area contributed by atoms with Crippen LogP contribution in [-0.2, 0) is 22.6 Å². The third-order valence-corrected chi connectivity index (χ3v) is 5.03. The van der Waals surface area contributed by atoms with E-state index in [-0.39, 0.29) is 18.2 Å². The molecule has 1 aliphatic heterocycles. The maximum absolute atomic E-state index is 12.7. The first kappa shape index (κ1) is 19.9. The van der Waals surface area contributed by atoms with Gasteiger partial charge in [0.25, 0.3) is 0 Å². The van der Waals surface area contributed by atoms with Gasteiger partial charge in [-0.25, -0.2) is 9.97 Å². The second-order valence-corrected chi connectivity index (χ2v) is 7.09. The highest BCUT2D eigenvalue weighted by molar-refractivity contribution is 5.88. The average Bonchev–Trinajstić information content (AvgIpc) is 2.72. The summed E-state index contributed by atoms with van der Waals surface area (Å²) in [6.07, 6.45) is 5.23. The lowest BCUT2D eigenvalue weighted by Crippen LogP contribution is -2.56. The van der Waals surface area contributed by atoms with Gasteiger partial charge in [0.15, 0.2) is 0 Å². The Morgan fingerprint density at radius 1 is 1.29 bits per heavy atom. The fraction of sp³-hybridized carbons (Fsp3) is 0.429. The van der Waals surface area contributed by atoms with Crippen molar-refractivity contribution in [3.8, 4) is 0 Å².